The smallest absolute Gasteiger partial charge is 0.376 e. The van der Waals surface area contributed by atoms with Gasteiger partial charge in [-0.05, 0) is 0 Å². The summed E-state index contributed by atoms with van der Waals surface area (Å²) in [6.07, 6.45) is 0. The highest BCUT2D eigenvalue weighted by atomic mass is 31.2. The molecule has 0 aliphatic rings. The molecule has 10 heteroatoms. The first-order chi connectivity index (χ1) is 5.72. The molecule has 9 nitrogen and oxygen atoms in total. The van der Waals surface area contributed by atoms with Gasteiger partial charge < -0.3 is 30.6 Å². The summed E-state index contributed by atoms with van der Waals surface area (Å²) in [4.78, 5) is 22.5. The van der Waals surface area contributed by atoms with Crippen molar-refractivity contribution in [2.45, 2.75) is 0 Å². The number of guanidine groups is 1. The average molecular weight is 217 g/mol. The van der Waals surface area contributed by atoms with E-state index in [1.165, 1.54) is 0 Å². The van der Waals surface area contributed by atoms with Crippen molar-refractivity contribution in [3.63, 3.8) is 0 Å². The van der Waals surface area contributed by atoms with E-state index in [0.29, 0.717) is 0 Å². The fourth-order valence-electron chi connectivity index (χ4n) is 0.197. The predicted molar refractivity (Wildman–Crippen MR) is 42.2 cm³/mol. The Labute approximate surface area is 73.8 Å². The largest absolute Gasteiger partial charge is 0.466 e. The molecule has 0 aromatic carbocycles. The lowest BCUT2D eigenvalue weighted by Crippen LogP contribution is -2.37. The van der Waals surface area contributed by atoms with Gasteiger partial charge in [-0.2, -0.15) is 0 Å². The Hall–Kier alpha value is -0.700. The Morgan fingerprint density at radius 2 is 1.54 bits per heavy atom. The zero-order chi connectivity index (χ0) is 11.1. The van der Waals surface area contributed by atoms with Crippen LogP contribution >= 0.6 is 7.82 Å². The molecule has 0 heterocycles. The Bertz CT molecular complexity index is 179. The number of aliphatic hydroxyl groups excluding tert-OH is 2. The van der Waals surface area contributed by atoms with E-state index in [1.807, 2.05) is 0 Å². The zero-order valence-electron chi connectivity index (χ0n) is 6.53. The molecule has 0 bridgehead atoms. The second kappa shape index (κ2) is 6.78. The van der Waals surface area contributed by atoms with Crippen LogP contribution < -0.4 is 5.73 Å². The first-order valence-corrected chi connectivity index (χ1v) is 4.37. The molecule has 0 aliphatic heterocycles. The van der Waals surface area contributed by atoms with E-state index in [0.717, 1.165) is 4.90 Å². The van der Waals surface area contributed by atoms with Gasteiger partial charge in [0.2, 0.25) is 0 Å². The fourth-order valence-corrected chi connectivity index (χ4v) is 0.197. The summed E-state index contributed by atoms with van der Waals surface area (Å²) in [5.41, 5.74) is 4.85. The normalized spacial score (nSPS) is 9.92. The molecule has 0 atom stereocenters. The summed E-state index contributed by atoms with van der Waals surface area (Å²) < 4.78 is 8.88. The van der Waals surface area contributed by atoms with Crippen molar-refractivity contribution in [1.29, 1.82) is 5.41 Å². The maximum Gasteiger partial charge on any atom is 0.466 e. The SMILES string of the molecule is N=C(N)N(CO)CO.O=P(O)(O)O. The van der Waals surface area contributed by atoms with Gasteiger partial charge in [-0.25, -0.2) is 4.57 Å². The van der Waals surface area contributed by atoms with E-state index >= 15 is 0 Å². The van der Waals surface area contributed by atoms with E-state index in [4.69, 9.17) is 40.6 Å². The topological polar surface area (TPSA) is 171 Å². The third-order valence-electron chi connectivity index (χ3n) is 0.682. The fraction of sp³-hybridized carbons (Fsp3) is 0.667. The van der Waals surface area contributed by atoms with Crippen molar-refractivity contribution in [2.75, 3.05) is 13.5 Å². The summed E-state index contributed by atoms with van der Waals surface area (Å²) in [5, 5.41) is 23.1. The first kappa shape index (κ1) is 14.8. The number of rotatable bonds is 2. The standard InChI is InChI=1S/C3H9N3O2.H3O4P/c4-3(5)6(1-7)2-8;1-5(2,3)4/h7-8H,1-2H2,(H3,4,5);(H3,1,2,3,4). The van der Waals surface area contributed by atoms with E-state index in [2.05, 4.69) is 0 Å². The van der Waals surface area contributed by atoms with Gasteiger partial charge in [-0.3, -0.25) is 10.3 Å². The highest BCUT2D eigenvalue weighted by Gasteiger charge is 2.00. The molecule has 0 spiro atoms. The summed E-state index contributed by atoms with van der Waals surface area (Å²) in [5.74, 6) is -0.338. The molecule has 80 valence electrons. The van der Waals surface area contributed by atoms with Crippen molar-refractivity contribution >= 4 is 13.8 Å². The van der Waals surface area contributed by atoms with Gasteiger partial charge in [0.25, 0.3) is 0 Å². The van der Waals surface area contributed by atoms with Crippen LogP contribution in [0.1, 0.15) is 0 Å². The Balaban J connectivity index is 0. The van der Waals surface area contributed by atoms with Crippen LogP contribution in [0.5, 0.6) is 0 Å². The Morgan fingerprint density at radius 3 is 1.54 bits per heavy atom. The summed E-state index contributed by atoms with van der Waals surface area (Å²) in [6.45, 7) is -0.850. The molecule has 0 saturated carbocycles. The van der Waals surface area contributed by atoms with Crippen LogP contribution in [0.2, 0.25) is 0 Å². The van der Waals surface area contributed by atoms with Gasteiger partial charge in [0.1, 0.15) is 13.5 Å². The number of hydrogen-bond donors (Lipinski definition) is 7. The molecule has 13 heavy (non-hydrogen) atoms. The minimum atomic E-state index is -4.64. The lowest BCUT2D eigenvalue weighted by molar-refractivity contribution is 0.0843. The van der Waals surface area contributed by atoms with Crippen molar-refractivity contribution in [2.24, 2.45) is 5.73 Å². The monoisotopic (exact) mass is 217 g/mol. The van der Waals surface area contributed by atoms with Crippen LogP contribution in [0.3, 0.4) is 0 Å². The van der Waals surface area contributed by atoms with Gasteiger partial charge in [-0.15, -0.1) is 0 Å². The molecule has 8 N–H and O–H groups in total. The minimum absolute atomic E-state index is 0.338. The lowest BCUT2D eigenvalue weighted by atomic mass is 10.8. The quantitative estimate of drug-likeness (QED) is 0.112. The minimum Gasteiger partial charge on any atom is -0.376 e. The third-order valence-corrected chi connectivity index (χ3v) is 0.682. The van der Waals surface area contributed by atoms with Crippen molar-refractivity contribution in [1.82, 2.24) is 4.90 Å². The van der Waals surface area contributed by atoms with Gasteiger partial charge in [0, 0.05) is 0 Å². The third kappa shape index (κ3) is 18.3. The van der Waals surface area contributed by atoms with E-state index in [9.17, 15) is 0 Å². The molecule has 0 unspecified atom stereocenters. The van der Waals surface area contributed by atoms with Gasteiger partial charge >= 0.3 is 7.82 Å². The van der Waals surface area contributed by atoms with Crippen molar-refractivity contribution < 1.29 is 29.5 Å². The molecule has 0 rings (SSSR count). The average Bonchev–Trinajstić information content (AvgIpc) is 1.85. The van der Waals surface area contributed by atoms with Gasteiger partial charge in [0.05, 0.1) is 0 Å². The van der Waals surface area contributed by atoms with Crippen LogP contribution in [0.4, 0.5) is 0 Å². The van der Waals surface area contributed by atoms with Gasteiger partial charge in [0.15, 0.2) is 5.96 Å². The van der Waals surface area contributed by atoms with Crippen molar-refractivity contribution in [3.8, 4) is 0 Å². The number of aliphatic hydroxyl groups is 2. The number of hydrogen-bond acceptors (Lipinski definition) is 4. The lowest BCUT2D eigenvalue weighted by Gasteiger charge is -2.14. The van der Waals surface area contributed by atoms with Crippen LogP contribution in [0.25, 0.3) is 0 Å². The van der Waals surface area contributed by atoms with Crippen molar-refractivity contribution in [3.05, 3.63) is 0 Å². The Morgan fingerprint density at radius 1 is 1.31 bits per heavy atom. The molecular weight excluding hydrogens is 205 g/mol. The van der Waals surface area contributed by atoms with E-state index in [-0.39, 0.29) is 5.96 Å². The van der Waals surface area contributed by atoms with Gasteiger partial charge in [-0.1, -0.05) is 0 Å². The second-order valence-electron chi connectivity index (χ2n) is 1.72. The molecule has 0 aromatic rings. The predicted octanol–water partition coefficient (Wildman–Crippen LogP) is -2.85. The molecule has 0 fully saturated rings. The molecular formula is C3H12N3O6P. The number of phosphoric acid groups is 1. The molecule has 0 radical (unpaired) electrons. The highest BCUT2D eigenvalue weighted by molar-refractivity contribution is 7.45. The van der Waals surface area contributed by atoms with E-state index < -0.39 is 21.3 Å². The Kier molecular flexibility index (Phi) is 7.72. The summed E-state index contributed by atoms with van der Waals surface area (Å²) >= 11 is 0. The highest BCUT2D eigenvalue weighted by Crippen LogP contribution is 2.25. The van der Waals surface area contributed by atoms with Crippen LogP contribution in [0.15, 0.2) is 0 Å². The first-order valence-electron chi connectivity index (χ1n) is 2.81. The molecule has 0 amide bonds. The number of nitrogens with one attached hydrogen (secondary N) is 1. The number of nitrogens with two attached hydrogens (primary N) is 1. The maximum atomic E-state index is 8.88. The van der Waals surface area contributed by atoms with Crippen LogP contribution in [-0.2, 0) is 4.57 Å². The molecule has 0 saturated heterocycles. The summed E-state index contributed by atoms with van der Waals surface area (Å²) in [7, 11) is -4.64. The second-order valence-corrected chi connectivity index (χ2v) is 2.75. The van der Waals surface area contributed by atoms with Crippen LogP contribution in [-0.4, -0.2) is 49.2 Å². The van der Waals surface area contributed by atoms with E-state index in [1.54, 1.807) is 0 Å². The maximum absolute atomic E-state index is 8.88. The summed E-state index contributed by atoms with van der Waals surface area (Å²) in [6, 6.07) is 0. The molecule has 0 aliphatic carbocycles. The number of nitrogens with zero attached hydrogens (tertiary/aromatic N) is 1. The molecule has 0 aromatic heterocycles. The zero-order valence-corrected chi connectivity index (χ0v) is 7.42. The van der Waals surface area contributed by atoms with Crippen LogP contribution in [0, 0.1) is 5.41 Å².